The highest BCUT2D eigenvalue weighted by Gasteiger charge is 2.66. The van der Waals surface area contributed by atoms with Crippen molar-refractivity contribution in [3.63, 3.8) is 0 Å². The molecule has 5 rings (SSSR count). The fourth-order valence-electron chi connectivity index (χ4n) is 4.86. The van der Waals surface area contributed by atoms with Gasteiger partial charge >= 0.3 is 0 Å². The topological polar surface area (TPSA) is 60.4 Å². The van der Waals surface area contributed by atoms with Crippen LogP contribution in [0.25, 0.3) is 0 Å². The fourth-order valence-corrected chi connectivity index (χ4v) is 4.86. The molecule has 1 fully saturated rings. The molecule has 0 saturated carbocycles. The number of methoxy groups -OCH3 is 1. The summed E-state index contributed by atoms with van der Waals surface area (Å²) in [5.74, 6) is 0.238. The molecule has 25 heavy (non-hydrogen) atoms. The first kappa shape index (κ1) is 17.1. The maximum Gasteiger partial charge on any atom is 0.231 e. The molecule has 3 aliphatic heterocycles. The molecule has 6 nitrogen and oxygen atoms in total. The molecule has 4 aliphatic rings. The summed E-state index contributed by atoms with van der Waals surface area (Å²) < 4.78 is 22.6. The van der Waals surface area contributed by atoms with Crippen molar-refractivity contribution >= 4 is 12.4 Å². The molecule has 0 bridgehead atoms. The van der Waals surface area contributed by atoms with E-state index < -0.39 is 11.2 Å². The van der Waals surface area contributed by atoms with E-state index in [0.29, 0.717) is 13.2 Å². The molecule has 0 unspecified atom stereocenters. The zero-order valence-corrected chi connectivity index (χ0v) is 15.0. The first-order valence-electron chi connectivity index (χ1n) is 8.29. The lowest BCUT2D eigenvalue weighted by molar-refractivity contribution is -0.236. The maximum atomic E-state index is 11.4. The zero-order valence-electron chi connectivity index (χ0n) is 14.2. The Labute approximate surface area is 152 Å². The van der Waals surface area contributed by atoms with E-state index in [1.807, 2.05) is 25.3 Å². The third-order valence-corrected chi connectivity index (χ3v) is 6.01. The fraction of sp³-hybridized carbons (Fsp3) is 0.556. The van der Waals surface area contributed by atoms with Gasteiger partial charge in [0.25, 0.3) is 0 Å². The van der Waals surface area contributed by atoms with E-state index in [2.05, 4.69) is 11.0 Å². The molecule has 1 aromatic carbocycles. The molecule has 0 radical (unpaired) electrons. The lowest BCUT2D eigenvalue weighted by Crippen LogP contribution is -2.59. The van der Waals surface area contributed by atoms with E-state index >= 15 is 0 Å². The molecule has 4 atom stereocenters. The molecule has 1 aromatic rings. The number of halogens is 1. The van der Waals surface area contributed by atoms with Crippen LogP contribution >= 0.6 is 12.4 Å². The first-order valence-corrected chi connectivity index (χ1v) is 8.29. The highest BCUT2D eigenvalue weighted by Crippen LogP contribution is 2.56. The standard InChI is InChI=1S/C18H21NO5.ClH/c1-19-9-18(20)17(4-3-12(21-2)6-16(17)19)13-7-15-14(22-10-23-15)5-11(13)8-24-18;/h3-5,7,12,16,20H,6,8-10H2,1-2H3;1H/t12-,16+,17+,18-;/m1./s1. The summed E-state index contributed by atoms with van der Waals surface area (Å²) in [6.07, 6.45) is 4.98. The van der Waals surface area contributed by atoms with Gasteiger partial charge in [0.15, 0.2) is 17.3 Å². The second-order valence-corrected chi connectivity index (χ2v) is 7.10. The summed E-state index contributed by atoms with van der Waals surface area (Å²) in [6.45, 7) is 1.07. The van der Waals surface area contributed by atoms with Gasteiger partial charge in [-0.1, -0.05) is 12.2 Å². The van der Waals surface area contributed by atoms with Gasteiger partial charge < -0.3 is 24.1 Å². The minimum Gasteiger partial charge on any atom is -0.454 e. The quantitative estimate of drug-likeness (QED) is 0.760. The Morgan fingerprint density at radius 2 is 2.04 bits per heavy atom. The van der Waals surface area contributed by atoms with Crippen LogP contribution in [0.1, 0.15) is 17.5 Å². The monoisotopic (exact) mass is 367 g/mol. The zero-order chi connectivity index (χ0) is 16.5. The third kappa shape index (κ3) is 2.06. The van der Waals surface area contributed by atoms with Crippen LogP contribution in [-0.4, -0.2) is 55.4 Å². The average Bonchev–Trinajstić information content (AvgIpc) is 3.13. The van der Waals surface area contributed by atoms with Gasteiger partial charge in [0.2, 0.25) is 6.79 Å². The van der Waals surface area contributed by atoms with Gasteiger partial charge in [0.1, 0.15) is 0 Å². The molecule has 1 spiro atoms. The Hall–Kier alpha value is -1.31. The number of hydrogen-bond acceptors (Lipinski definition) is 6. The van der Waals surface area contributed by atoms with E-state index in [0.717, 1.165) is 29.0 Å². The van der Waals surface area contributed by atoms with E-state index in [1.54, 1.807) is 7.11 Å². The van der Waals surface area contributed by atoms with Gasteiger partial charge in [-0.2, -0.15) is 0 Å². The van der Waals surface area contributed by atoms with Gasteiger partial charge in [0.05, 0.1) is 24.7 Å². The second kappa shape index (κ2) is 5.59. The van der Waals surface area contributed by atoms with Crippen molar-refractivity contribution in [3.05, 3.63) is 35.4 Å². The Morgan fingerprint density at radius 1 is 1.28 bits per heavy atom. The van der Waals surface area contributed by atoms with Crippen LogP contribution < -0.4 is 9.47 Å². The minimum absolute atomic E-state index is 0. The molecule has 1 N–H and O–H groups in total. The van der Waals surface area contributed by atoms with E-state index in [1.165, 1.54) is 0 Å². The van der Waals surface area contributed by atoms with Crippen molar-refractivity contribution < 1.29 is 24.1 Å². The molecule has 1 aliphatic carbocycles. The van der Waals surface area contributed by atoms with Crippen molar-refractivity contribution in [2.75, 3.05) is 27.5 Å². The Bertz CT molecular complexity index is 740. The minimum atomic E-state index is -1.25. The number of hydrogen-bond donors (Lipinski definition) is 1. The van der Waals surface area contributed by atoms with Gasteiger partial charge in [-0.25, -0.2) is 0 Å². The lowest BCUT2D eigenvalue weighted by atomic mass is 9.64. The van der Waals surface area contributed by atoms with Crippen molar-refractivity contribution in [2.24, 2.45) is 0 Å². The number of rotatable bonds is 1. The molecule has 3 heterocycles. The van der Waals surface area contributed by atoms with E-state index in [-0.39, 0.29) is 31.3 Å². The number of fused-ring (bicyclic) bond motifs is 2. The molecule has 0 amide bonds. The molecule has 7 heteroatoms. The van der Waals surface area contributed by atoms with Gasteiger partial charge in [0, 0.05) is 13.2 Å². The maximum absolute atomic E-state index is 11.4. The number of aliphatic hydroxyl groups is 1. The normalized spacial score (nSPS) is 37.9. The van der Waals surface area contributed by atoms with Crippen molar-refractivity contribution in [1.82, 2.24) is 4.90 Å². The summed E-state index contributed by atoms with van der Waals surface area (Å²) in [5, 5.41) is 11.4. The molecule has 1 saturated heterocycles. The third-order valence-electron chi connectivity index (χ3n) is 6.01. The van der Waals surface area contributed by atoms with E-state index in [9.17, 15) is 5.11 Å². The summed E-state index contributed by atoms with van der Waals surface area (Å²) in [5.41, 5.74) is 1.50. The summed E-state index contributed by atoms with van der Waals surface area (Å²) in [7, 11) is 3.75. The Morgan fingerprint density at radius 3 is 2.80 bits per heavy atom. The largest absolute Gasteiger partial charge is 0.454 e. The summed E-state index contributed by atoms with van der Waals surface area (Å²) in [4.78, 5) is 2.18. The predicted molar refractivity (Wildman–Crippen MR) is 92.2 cm³/mol. The Balaban J connectivity index is 0.00000157. The number of β-amino-alcohol motifs (C(OH)–C–C–N with tert-alkyl or cyclic N) is 1. The van der Waals surface area contributed by atoms with Crippen LogP contribution in [-0.2, 0) is 21.5 Å². The van der Waals surface area contributed by atoms with Crippen LogP contribution in [0.5, 0.6) is 11.5 Å². The van der Waals surface area contributed by atoms with Gasteiger partial charge in [-0.05, 0) is 36.7 Å². The summed E-state index contributed by atoms with van der Waals surface area (Å²) >= 11 is 0. The molecular formula is C18H22ClNO5. The molecular weight excluding hydrogens is 346 g/mol. The number of nitrogens with zero attached hydrogens (tertiary/aromatic N) is 1. The van der Waals surface area contributed by atoms with Crippen molar-refractivity contribution in [3.8, 4) is 11.5 Å². The van der Waals surface area contributed by atoms with Crippen LogP contribution in [0.2, 0.25) is 0 Å². The number of likely N-dealkylation sites (tertiary alicyclic amines) is 1. The van der Waals surface area contributed by atoms with Gasteiger partial charge in [-0.15, -0.1) is 12.4 Å². The summed E-state index contributed by atoms with van der Waals surface area (Å²) in [6, 6.07) is 4.10. The lowest BCUT2D eigenvalue weighted by Gasteiger charge is -2.49. The Kier molecular flexibility index (Phi) is 3.83. The van der Waals surface area contributed by atoms with E-state index in [4.69, 9.17) is 18.9 Å². The number of ether oxygens (including phenoxy) is 4. The first-order chi connectivity index (χ1) is 11.6. The van der Waals surface area contributed by atoms with Gasteiger partial charge in [-0.3, -0.25) is 4.90 Å². The van der Waals surface area contributed by atoms with Crippen molar-refractivity contribution in [2.45, 2.75) is 36.4 Å². The van der Waals surface area contributed by atoms with Crippen LogP contribution in [0.15, 0.2) is 24.3 Å². The van der Waals surface area contributed by atoms with Crippen molar-refractivity contribution in [1.29, 1.82) is 0 Å². The van der Waals surface area contributed by atoms with Crippen LogP contribution in [0.4, 0.5) is 0 Å². The van der Waals surface area contributed by atoms with Crippen LogP contribution in [0.3, 0.4) is 0 Å². The smallest absolute Gasteiger partial charge is 0.231 e. The second-order valence-electron chi connectivity index (χ2n) is 7.10. The SMILES string of the molecule is CO[C@@H]1C=C[C@@]23c4cc5c(cc4CO[C@]2(O)CN(C)[C@H]3C1)OCO5.Cl. The highest BCUT2D eigenvalue weighted by atomic mass is 35.5. The highest BCUT2D eigenvalue weighted by molar-refractivity contribution is 5.85. The van der Waals surface area contributed by atoms with Crippen LogP contribution in [0, 0.1) is 0 Å². The number of likely N-dealkylation sites (N-methyl/N-ethyl adjacent to an activating group) is 1. The predicted octanol–water partition coefficient (Wildman–Crippen LogP) is 1.58. The average molecular weight is 368 g/mol. The molecule has 136 valence electrons. The molecule has 0 aromatic heterocycles. The number of benzene rings is 1.